The van der Waals surface area contributed by atoms with E-state index in [4.69, 9.17) is 21.4 Å². The molecule has 1 aromatic rings. The van der Waals surface area contributed by atoms with Crippen LogP contribution in [0.15, 0.2) is 12.1 Å². The van der Waals surface area contributed by atoms with Gasteiger partial charge in [0.15, 0.2) is 6.10 Å². The molecule has 0 saturated carbocycles. The normalized spacial score (nSPS) is 12.3. The van der Waals surface area contributed by atoms with Gasteiger partial charge in [-0.05, 0) is 38.0 Å². The molecule has 0 radical (unpaired) electrons. The zero-order valence-electron chi connectivity index (χ0n) is 8.87. The molecule has 3 nitrogen and oxygen atoms in total. The van der Waals surface area contributed by atoms with Gasteiger partial charge < -0.3 is 9.84 Å². The molecule has 1 aromatic carbocycles. The third kappa shape index (κ3) is 2.86. The fourth-order valence-electron chi connectivity index (χ4n) is 1.28. The van der Waals surface area contributed by atoms with Crippen molar-refractivity contribution in [3.63, 3.8) is 0 Å². The highest BCUT2D eigenvalue weighted by Crippen LogP contribution is 2.30. The SMILES string of the molecule is Cc1cc(C)c(OC(C)C(=O)O)c(Cl)c1. The minimum Gasteiger partial charge on any atom is -0.479 e. The summed E-state index contributed by atoms with van der Waals surface area (Å²) >= 11 is 5.97. The van der Waals surface area contributed by atoms with Crippen molar-refractivity contribution in [2.75, 3.05) is 0 Å². The molecule has 0 spiro atoms. The second-order valence-corrected chi connectivity index (χ2v) is 3.90. The second kappa shape index (κ2) is 4.53. The average molecular weight is 229 g/mol. The molecule has 0 aromatic heterocycles. The highest BCUT2D eigenvalue weighted by molar-refractivity contribution is 6.32. The van der Waals surface area contributed by atoms with Crippen molar-refractivity contribution in [3.05, 3.63) is 28.3 Å². The summed E-state index contributed by atoms with van der Waals surface area (Å²) in [7, 11) is 0. The highest BCUT2D eigenvalue weighted by Gasteiger charge is 2.16. The van der Waals surface area contributed by atoms with E-state index >= 15 is 0 Å². The topological polar surface area (TPSA) is 46.5 Å². The van der Waals surface area contributed by atoms with E-state index in [1.54, 1.807) is 6.07 Å². The number of hydrogen-bond acceptors (Lipinski definition) is 2. The number of rotatable bonds is 3. The summed E-state index contributed by atoms with van der Waals surface area (Å²) < 4.78 is 5.26. The molecule has 0 aliphatic heterocycles. The predicted octanol–water partition coefficient (Wildman–Crippen LogP) is 2.81. The molecule has 82 valence electrons. The van der Waals surface area contributed by atoms with Crippen LogP contribution in [-0.2, 0) is 4.79 Å². The van der Waals surface area contributed by atoms with Gasteiger partial charge in [-0.25, -0.2) is 4.79 Å². The standard InChI is InChI=1S/C11H13ClO3/c1-6-4-7(2)10(9(12)5-6)15-8(3)11(13)14/h4-5,8H,1-3H3,(H,13,14). The number of aliphatic carboxylic acids is 1. The fourth-order valence-corrected chi connectivity index (χ4v) is 1.64. The van der Waals surface area contributed by atoms with Crippen LogP contribution in [0.1, 0.15) is 18.1 Å². The van der Waals surface area contributed by atoms with E-state index in [2.05, 4.69) is 0 Å². The first-order valence-electron chi connectivity index (χ1n) is 4.58. The number of hydrogen-bond donors (Lipinski definition) is 1. The molecule has 0 aliphatic rings. The van der Waals surface area contributed by atoms with Crippen molar-refractivity contribution in [2.24, 2.45) is 0 Å². The van der Waals surface area contributed by atoms with Crippen LogP contribution in [0.25, 0.3) is 0 Å². The lowest BCUT2D eigenvalue weighted by atomic mass is 10.1. The Labute approximate surface area is 93.6 Å². The summed E-state index contributed by atoms with van der Waals surface area (Å²) in [6, 6.07) is 3.65. The average Bonchev–Trinajstić information content (AvgIpc) is 2.10. The van der Waals surface area contributed by atoms with Gasteiger partial charge in [-0.2, -0.15) is 0 Å². The lowest BCUT2D eigenvalue weighted by Crippen LogP contribution is -2.23. The molecule has 0 bridgehead atoms. The second-order valence-electron chi connectivity index (χ2n) is 3.49. The number of halogens is 1. The van der Waals surface area contributed by atoms with Crippen LogP contribution in [0.5, 0.6) is 5.75 Å². The first-order chi connectivity index (χ1) is 6.91. The molecule has 1 rings (SSSR count). The summed E-state index contributed by atoms with van der Waals surface area (Å²) in [5.41, 5.74) is 1.86. The molecular formula is C11H13ClO3. The van der Waals surface area contributed by atoms with Crippen molar-refractivity contribution in [1.29, 1.82) is 0 Å². The van der Waals surface area contributed by atoms with Crippen molar-refractivity contribution in [3.8, 4) is 5.75 Å². The van der Waals surface area contributed by atoms with Crippen molar-refractivity contribution >= 4 is 17.6 Å². The first-order valence-corrected chi connectivity index (χ1v) is 4.96. The van der Waals surface area contributed by atoms with Crippen molar-refractivity contribution < 1.29 is 14.6 Å². The Morgan fingerprint density at radius 2 is 2.07 bits per heavy atom. The number of aryl methyl sites for hydroxylation is 2. The molecule has 4 heteroatoms. The van der Waals surface area contributed by atoms with Crippen LogP contribution in [-0.4, -0.2) is 17.2 Å². The summed E-state index contributed by atoms with van der Waals surface area (Å²) in [6.07, 6.45) is -0.899. The number of benzene rings is 1. The summed E-state index contributed by atoms with van der Waals surface area (Å²) in [5.74, 6) is -0.566. The van der Waals surface area contributed by atoms with Gasteiger partial charge in [-0.15, -0.1) is 0 Å². The number of carbonyl (C=O) groups is 1. The molecule has 1 unspecified atom stereocenters. The molecule has 1 N–H and O–H groups in total. The summed E-state index contributed by atoms with van der Waals surface area (Å²) in [4.78, 5) is 10.6. The van der Waals surface area contributed by atoms with Gasteiger partial charge in [0.1, 0.15) is 5.75 Å². The zero-order chi connectivity index (χ0) is 11.6. The monoisotopic (exact) mass is 228 g/mol. The van der Waals surface area contributed by atoms with Gasteiger partial charge in [0.05, 0.1) is 5.02 Å². The van der Waals surface area contributed by atoms with E-state index in [1.807, 2.05) is 19.9 Å². The van der Waals surface area contributed by atoms with Gasteiger partial charge >= 0.3 is 5.97 Å². The highest BCUT2D eigenvalue weighted by atomic mass is 35.5. The van der Waals surface area contributed by atoms with Crippen molar-refractivity contribution in [2.45, 2.75) is 26.9 Å². The van der Waals surface area contributed by atoms with Crippen LogP contribution in [0.2, 0.25) is 5.02 Å². The third-order valence-corrected chi connectivity index (χ3v) is 2.30. The number of ether oxygens (including phenoxy) is 1. The molecule has 0 fully saturated rings. The van der Waals surface area contributed by atoms with Gasteiger partial charge in [0.25, 0.3) is 0 Å². The molecular weight excluding hydrogens is 216 g/mol. The van der Waals surface area contributed by atoms with Crippen LogP contribution < -0.4 is 4.74 Å². The van der Waals surface area contributed by atoms with Crippen molar-refractivity contribution in [1.82, 2.24) is 0 Å². The zero-order valence-corrected chi connectivity index (χ0v) is 9.63. The molecule has 0 aliphatic carbocycles. The van der Waals surface area contributed by atoms with Crippen LogP contribution in [0, 0.1) is 13.8 Å². The van der Waals surface area contributed by atoms with E-state index in [0.29, 0.717) is 10.8 Å². The Balaban J connectivity index is 3.00. The van der Waals surface area contributed by atoms with E-state index in [9.17, 15) is 4.79 Å². The predicted molar refractivity (Wildman–Crippen MR) is 58.7 cm³/mol. The maximum absolute atomic E-state index is 10.6. The lowest BCUT2D eigenvalue weighted by Gasteiger charge is -2.14. The van der Waals surface area contributed by atoms with Crippen LogP contribution in [0.3, 0.4) is 0 Å². The smallest absolute Gasteiger partial charge is 0.344 e. The lowest BCUT2D eigenvalue weighted by molar-refractivity contribution is -0.144. The Hall–Kier alpha value is -1.22. The molecule has 1 atom stereocenters. The number of carboxylic acid groups (broad SMARTS) is 1. The maximum atomic E-state index is 10.6. The molecule has 15 heavy (non-hydrogen) atoms. The Bertz CT molecular complexity index is 364. The molecule has 0 saturated heterocycles. The quantitative estimate of drug-likeness (QED) is 0.866. The largest absolute Gasteiger partial charge is 0.479 e. The Kier molecular flexibility index (Phi) is 3.58. The number of carboxylic acids is 1. The van der Waals surface area contributed by atoms with E-state index in [-0.39, 0.29) is 0 Å². The van der Waals surface area contributed by atoms with Crippen LogP contribution in [0.4, 0.5) is 0 Å². The van der Waals surface area contributed by atoms with E-state index in [1.165, 1.54) is 6.92 Å². The van der Waals surface area contributed by atoms with E-state index < -0.39 is 12.1 Å². The molecule has 0 heterocycles. The van der Waals surface area contributed by atoms with Gasteiger partial charge in [-0.1, -0.05) is 17.7 Å². The Morgan fingerprint density at radius 3 is 2.53 bits per heavy atom. The van der Waals surface area contributed by atoms with E-state index in [0.717, 1.165) is 11.1 Å². The first kappa shape index (κ1) is 11.9. The molecule has 0 amide bonds. The summed E-state index contributed by atoms with van der Waals surface area (Å²) in [6.45, 7) is 5.23. The minimum atomic E-state index is -1.01. The fraction of sp³-hybridized carbons (Fsp3) is 0.364. The van der Waals surface area contributed by atoms with Crippen LogP contribution >= 0.6 is 11.6 Å². The van der Waals surface area contributed by atoms with Gasteiger partial charge in [-0.3, -0.25) is 0 Å². The maximum Gasteiger partial charge on any atom is 0.344 e. The Morgan fingerprint density at radius 1 is 1.47 bits per heavy atom. The third-order valence-electron chi connectivity index (χ3n) is 2.02. The van der Waals surface area contributed by atoms with Gasteiger partial charge in [0.2, 0.25) is 0 Å². The summed E-state index contributed by atoms with van der Waals surface area (Å²) in [5, 5.41) is 9.16. The minimum absolute atomic E-state index is 0.442. The van der Waals surface area contributed by atoms with Gasteiger partial charge in [0, 0.05) is 0 Å².